The molecular weight excluding hydrogens is 344 g/mol. The zero-order valence-corrected chi connectivity index (χ0v) is 14.4. The third-order valence-corrected chi connectivity index (χ3v) is 3.81. The number of nitrogen functional groups attached to an aromatic ring is 1. The fourth-order valence-corrected chi connectivity index (χ4v) is 2.68. The highest BCUT2D eigenvalue weighted by Crippen LogP contribution is 2.22. The summed E-state index contributed by atoms with van der Waals surface area (Å²) in [5, 5.41) is 5.82. The molecule has 0 bridgehead atoms. The Morgan fingerprint density at radius 1 is 1.00 bits per heavy atom. The summed E-state index contributed by atoms with van der Waals surface area (Å²) in [7, 11) is 0. The SMILES string of the molecule is CC(=O)Nc1ccc(Nc2ncnc(-n3c(N)nc4ccccc43)n2)cc1. The van der Waals surface area contributed by atoms with E-state index in [2.05, 4.69) is 30.6 Å². The molecule has 0 saturated heterocycles. The van der Waals surface area contributed by atoms with E-state index in [1.54, 1.807) is 16.7 Å². The van der Waals surface area contributed by atoms with Gasteiger partial charge in [-0.25, -0.2) is 19.5 Å². The summed E-state index contributed by atoms with van der Waals surface area (Å²) < 4.78 is 1.67. The van der Waals surface area contributed by atoms with Gasteiger partial charge in [-0.1, -0.05) is 12.1 Å². The molecule has 2 aromatic heterocycles. The Kier molecular flexibility index (Phi) is 4.09. The van der Waals surface area contributed by atoms with E-state index in [0.717, 1.165) is 16.7 Å². The molecule has 0 unspecified atom stereocenters. The number of imidazole rings is 1. The Hall–Kier alpha value is -4.01. The zero-order chi connectivity index (χ0) is 18.8. The summed E-state index contributed by atoms with van der Waals surface area (Å²) in [6.07, 6.45) is 1.41. The molecule has 0 aliphatic heterocycles. The van der Waals surface area contributed by atoms with Gasteiger partial charge in [-0.3, -0.25) is 4.79 Å². The lowest BCUT2D eigenvalue weighted by molar-refractivity contribution is -0.114. The Labute approximate surface area is 154 Å². The lowest BCUT2D eigenvalue weighted by Gasteiger charge is -2.08. The molecule has 0 spiro atoms. The van der Waals surface area contributed by atoms with E-state index < -0.39 is 0 Å². The van der Waals surface area contributed by atoms with Crippen LogP contribution in [-0.2, 0) is 4.79 Å². The molecule has 1 amide bonds. The number of carbonyl (C=O) groups is 1. The van der Waals surface area contributed by atoms with Gasteiger partial charge in [-0.15, -0.1) is 0 Å². The van der Waals surface area contributed by atoms with Gasteiger partial charge < -0.3 is 16.4 Å². The molecule has 4 aromatic rings. The second-order valence-corrected chi connectivity index (χ2v) is 5.79. The number of amides is 1. The van der Waals surface area contributed by atoms with Crippen LogP contribution in [0.5, 0.6) is 0 Å². The first kappa shape index (κ1) is 16.5. The van der Waals surface area contributed by atoms with Crippen LogP contribution in [0.1, 0.15) is 6.92 Å². The highest BCUT2D eigenvalue weighted by molar-refractivity contribution is 5.88. The number of anilines is 4. The smallest absolute Gasteiger partial charge is 0.241 e. The van der Waals surface area contributed by atoms with Crippen molar-refractivity contribution in [3.8, 4) is 5.95 Å². The quantitative estimate of drug-likeness (QED) is 0.511. The number of nitrogens with two attached hydrogens (primary N) is 1. The average Bonchev–Trinajstić information content (AvgIpc) is 2.99. The maximum absolute atomic E-state index is 11.1. The van der Waals surface area contributed by atoms with Crippen molar-refractivity contribution < 1.29 is 4.79 Å². The maximum atomic E-state index is 11.1. The maximum Gasteiger partial charge on any atom is 0.241 e. The highest BCUT2D eigenvalue weighted by Gasteiger charge is 2.12. The normalized spacial score (nSPS) is 10.7. The van der Waals surface area contributed by atoms with Gasteiger partial charge in [0.25, 0.3) is 0 Å². The van der Waals surface area contributed by atoms with Gasteiger partial charge in [0.05, 0.1) is 11.0 Å². The summed E-state index contributed by atoms with van der Waals surface area (Å²) in [6.45, 7) is 1.46. The van der Waals surface area contributed by atoms with Gasteiger partial charge in [0.1, 0.15) is 6.33 Å². The molecule has 0 atom stereocenters. The number of hydrogen-bond donors (Lipinski definition) is 3. The molecule has 4 N–H and O–H groups in total. The van der Waals surface area contributed by atoms with Crippen LogP contribution in [-0.4, -0.2) is 30.4 Å². The summed E-state index contributed by atoms with van der Waals surface area (Å²) in [5.41, 5.74) is 9.09. The van der Waals surface area contributed by atoms with Gasteiger partial charge >= 0.3 is 0 Å². The largest absolute Gasteiger partial charge is 0.369 e. The predicted molar refractivity (Wildman–Crippen MR) is 103 cm³/mol. The zero-order valence-electron chi connectivity index (χ0n) is 14.4. The van der Waals surface area contributed by atoms with Crippen LogP contribution in [0.15, 0.2) is 54.9 Å². The molecule has 9 heteroatoms. The van der Waals surface area contributed by atoms with Gasteiger partial charge in [0, 0.05) is 18.3 Å². The van der Waals surface area contributed by atoms with E-state index in [9.17, 15) is 4.79 Å². The molecule has 0 saturated carbocycles. The minimum Gasteiger partial charge on any atom is -0.369 e. The monoisotopic (exact) mass is 360 g/mol. The summed E-state index contributed by atoms with van der Waals surface area (Å²) >= 11 is 0. The summed E-state index contributed by atoms with van der Waals surface area (Å²) in [6, 6.07) is 14.8. The van der Waals surface area contributed by atoms with Crippen molar-refractivity contribution in [1.29, 1.82) is 0 Å². The Bertz CT molecular complexity index is 1120. The van der Waals surface area contributed by atoms with Crippen molar-refractivity contribution in [2.24, 2.45) is 0 Å². The molecule has 2 aromatic carbocycles. The van der Waals surface area contributed by atoms with Crippen LogP contribution in [0.2, 0.25) is 0 Å². The van der Waals surface area contributed by atoms with Crippen LogP contribution in [0, 0.1) is 0 Å². The van der Waals surface area contributed by atoms with Crippen LogP contribution >= 0.6 is 0 Å². The van der Waals surface area contributed by atoms with E-state index in [1.807, 2.05) is 36.4 Å². The van der Waals surface area contributed by atoms with Crippen LogP contribution < -0.4 is 16.4 Å². The summed E-state index contributed by atoms with van der Waals surface area (Å²) in [4.78, 5) is 28.2. The number of aromatic nitrogens is 5. The van der Waals surface area contributed by atoms with E-state index in [1.165, 1.54) is 13.3 Å². The first-order chi connectivity index (χ1) is 13.1. The number of fused-ring (bicyclic) bond motifs is 1. The Balaban J connectivity index is 1.63. The second-order valence-electron chi connectivity index (χ2n) is 5.79. The van der Waals surface area contributed by atoms with Gasteiger partial charge in [-0.2, -0.15) is 4.98 Å². The van der Waals surface area contributed by atoms with Crippen molar-refractivity contribution in [3.63, 3.8) is 0 Å². The molecule has 0 fully saturated rings. The second kappa shape index (κ2) is 6.71. The topological polar surface area (TPSA) is 124 Å². The van der Waals surface area contributed by atoms with E-state index in [4.69, 9.17) is 5.73 Å². The Morgan fingerprint density at radius 3 is 2.52 bits per heavy atom. The predicted octanol–water partition coefficient (Wildman–Crippen LogP) is 2.49. The van der Waals surface area contributed by atoms with E-state index in [-0.39, 0.29) is 5.91 Å². The van der Waals surface area contributed by atoms with E-state index in [0.29, 0.717) is 23.5 Å². The third kappa shape index (κ3) is 3.38. The fraction of sp³-hybridized carbons (Fsp3) is 0.0556. The summed E-state index contributed by atoms with van der Waals surface area (Å²) in [5.74, 6) is 0.911. The number of para-hydroxylation sites is 2. The lowest BCUT2D eigenvalue weighted by atomic mass is 10.3. The van der Waals surface area contributed by atoms with Crippen molar-refractivity contribution >= 4 is 40.2 Å². The van der Waals surface area contributed by atoms with Gasteiger partial charge in [-0.05, 0) is 36.4 Å². The van der Waals surface area contributed by atoms with Crippen LogP contribution in [0.4, 0.5) is 23.3 Å². The standard InChI is InChI=1S/C18H16N8O/c1-11(27)22-12-6-8-13(9-7-12)23-17-20-10-21-18(25-17)26-15-5-3-2-4-14(15)24-16(26)19/h2-10H,1H3,(H2,19,24)(H,22,27)(H,20,21,23,25). The van der Waals surface area contributed by atoms with Crippen LogP contribution in [0.3, 0.4) is 0 Å². The molecule has 0 aliphatic rings. The van der Waals surface area contributed by atoms with Crippen molar-refractivity contribution in [2.75, 3.05) is 16.4 Å². The highest BCUT2D eigenvalue weighted by atomic mass is 16.1. The first-order valence-electron chi connectivity index (χ1n) is 8.17. The fourth-order valence-electron chi connectivity index (χ4n) is 2.68. The average molecular weight is 360 g/mol. The molecule has 0 aliphatic carbocycles. The number of rotatable bonds is 4. The van der Waals surface area contributed by atoms with Crippen molar-refractivity contribution in [2.45, 2.75) is 6.92 Å². The number of nitrogens with one attached hydrogen (secondary N) is 2. The minimum atomic E-state index is -0.122. The Morgan fingerprint density at radius 2 is 1.74 bits per heavy atom. The molecule has 134 valence electrons. The molecular formula is C18H16N8O. The van der Waals surface area contributed by atoms with Crippen molar-refractivity contribution in [1.82, 2.24) is 24.5 Å². The molecule has 9 nitrogen and oxygen atoms in total. The minimum absolute atomic E-state index is 0.122. The molecule has 0 radical (unpaired) electrons. The number of hydrogen-bond acceptors (Lipinski definition) is 7. The number of benzene rings is 2. The van der Waals surface area contributed by atoms with Gasteiger partial charge in [0.15, 0.2) is 0 Å². The number of nitrogens with zero attached hydrogens (tertiary/aromatic N) is 5. The van der Waals surface area contributed by atoms with Gasteiger partial charge in [0.2, 0.25) is 23.8 Å². The third-order valence-electron chi connectivity index (χ3n) is 3.81. The number of carbonyl (C=O) groups excluding carboxylic acids is 1. The lowest BCUT2D eigenvalue weighted by Crippen LogP contribution is -2.08. The molecule has 2 heterocycles. The molecule has 27 heavy (non-hydrogen) atoms. The van der Waals surface area contributed by atoms with E-state index >= 15 is 0 Å². The van der Waals surface area contributed by atoms with Crippen LogP contribution in [0.25, 0.3) is 17.0 Å². The van der Waals surface area contributed by atoms with Crippen molar-refractivity contribution in [3.05, 3.63) is 54.9 Å². The first-order valence-corrected chi connectivity index (χ1v) is 8.17. The molecule has 4 rings (SSSR count).